The van der Waals surface area contributed by atoms with E-state index in [1.165, 1.54) is 23.1 Å². The third-order valence-electron chi connectivity index (χ3n) is 6.20. The van der Waals surface area contributed by atoms with E-state index < -0.39 is 0 Å². The molecule has 0 radical (unpaired) electrons. The van der Waals surface area contributed by atoms with E-state index in [0.717, 1.165) is 30.1 Å². The highest BCUT2D eigenvalue weighted by Crippen LogP contribution is 2.29. The van der Waals surface area contributed by atoms with Crippen molar-refractivity contribution in [2.75, 3.05) is 43.9 Å². The van der Waals surface area contributed by atoms with E-state index in [0.29, 0.717) is 40.0 Å². The average Bonchev–Trinajstić information content (AvgIpc) is 3.39. The number of methoxy groups -OCH3 is 1. The number of thioether (sulfide) groups is 1. The van der Waals surface area contributed by atoms with Crippen LogP contribution in [0.2, 0.25) is 5.02 Å². The van der Waals surface area contributed by atoms with Gasteiger partial charge < -0.3 is 14.5 Å². The van der Waals surface area contributed by atoms with E-state index >= 15 is 0 Å². The fourth-order valence-corrected chi connectivity index (χ4v) is 6.15. The van der Waals surface area contributed by atoms with Gasteiger partial charge in [-0.25, -0.2) is 4.98 Å². The lowest BCUT2D eigenvalue weighted by molar-refractivity contribution is -0.128. The van der Waals surface area contributed by atoms with Crippen LogP contribution in [0.15, 0.2) is 69.9 Å². The Bertz CT molecular complexity index is 1450. The first-order chi connectivity index (χ1) is 17.5. The third kappa shape index (κ3) is 5.09. The molecule has 1 fully saturated rings. The molecule has 0 unspecified atom stereocenters. The van der Waals surface area contributed by atoms with Gasteiger partial charge in [-0.2, -0.15) is 0 Å². The molecule has 1 aliphatic rings. The summed E-state index contributed by atoms with van der Waals surface area (Å²) in [6.45, 7) is 3.01. The average molecular weight is 541 g/mol. The molecule has 2 aromatic carbocycles. The number of rotatable bonds is 7. The standard InChI is InChI=1S/C26H25ClN4O3S2/c1-34-22-9-5-4-8-21(22)29-11-13-30(14-12-29)23(32)17-36-26-28-20-10-15-35-24(20)25(33)31(26)16-18-6-2-3-7-19(18)27/h2-10,15H,11-14,16-17H2,1H3. The number of nitrogens with zero attached hydrogens (tertiary/aromatic N) is 4. The molecule has 1 amide bonds. The zero-order chi connectivity index (χ0) is 25.1. The lowest BCUT2D eigenvalue weighted by atomic mass is 10.2. The normalized spacial score (nSPS) is 13.8. The molecular weight excluding hydrogens is 516 g/mol. The van der Waals surface area contributed by atoms with E-state index in [1.54, 1.807) is 17.7 Å². The van der Waals surface area contributed by atoms with Crippen molar-refractivity contribution < 1.29 is 9.53 Å². The minimum Gasteiger partial charge on any atom is -0.495 e. The largest absolute Gasteiger partial charge is 0.495 e. The van der Waals surface area contributed by atoms with Crippen LogP contribution in [0.3, 0.4) is 0 Å². The van der Waals surface area contributed by atoms with E-state index in [4.69, 9.17) is 21.3 Å². The van der Waals surface area contributed by atoms with Gasteiger partial charge in [-0.15, -0.1) is 11.3 Å². The first-order valence-corrected chi connectivity index (χ1v) is 13.8. The number of piperazine rings is 1. The second-order valence-electron chi connectivity index (χ2n) is 8.34. The van der Waals surface area contributed by atoms with Crippen LogP contribution in [0, 0.1) is 0 Å². The molecule has 4 aromatic rings. The number of amides is 1. The summed E-state index contributed by atoms with van der Waals surface area (Å²) in [5, 5.41) is 2.97. The summed E-state index contributed by atoms with van der Waals surface area (Å²) in [5.41, 5.74) is 2.41. The van der Waals surface area contributed by atoms with Crippen molar-refractivity contribution in [2.24, 2.45) is 0 Å². The van der Waals surface area contributed by atoms with E-state index in [2.05, 4.69) is 4.90 Å². The van der Waals surface area contributed by atoms with Gasteiger partial charge in [-0.3, -0.25) is 14.2 Å². The highest BCUT2D eigenvalue weighted by molar-refractivity contribution is 7.99. The number of thiophene rings is 1. The molecule has 0 N–H and O–H groups in total. The molecule has 7 nitrogen and oxygen atoms in total. The number of anilines is 1. The van der Waals surface area contributed by atoms with Crippen LogP contribution >= 0.6 is 34.7 Å². The SMILES string of the molecule is COc1ccccc1N1CCN(C(=O)CSc2nc3ccsc3c(=O)n2Cc2ccccc2Cl)CC1. The van der Waals surface area contributed by atoms with E-state index in [1.807, 2.05) is 58.8 Å². The summed E-state index contributed by atoms with van der Waals surface area (Å²) in [6, 6.07) is 17.2. The summed E-state index contributed by atoms with van der Waals surface area (Å²) in [7, 11) is 1.67. The van der Waals surface area contributed by atoms with Crippen molar-refractivity contribution >= 4 is 56.5 Å². The van der Waals surface area contributed by atoms with Crippen LogP contribution < -0.4 is 15.2 Å². The first-order valence-electron chi connectivity index (χ1n) is 11.5. The molecule has 36 heavy (non-hydrogen) atoms. The van der Waals surface area contributed by atoms with Gasteiger partial charge in [0.1, 0.15) is 10.4 Å². The quantitative estimate of drug-likeness (QED) is 0.252. The van der Waals surface area contributed by atoms with Crippen LogP contribution in [0.1, 0.15) is 5.56 Å². The third-order valence-corrected chi connectivity index (χ3v) is 8.42. The molecule has 2 aromatic heterocycles. The second kappa shape index (κ2) is 10.9. The monoisotopic (exact) mass is 540 g/mol. The molecule has 0 spiro atoms. The Labute approximate surface area is 222 Å². The molecule has 0 saturated carbocycles. The number of halogens is 1. The lowest BCUT2D eigenvalue weighted by Crippen LogP contribution is -2.49. The number of carbonyl (C=O) groups is 1. The molecular formula is C26H25ClN4O3S2. The van der Waals surface area contributed by atoms with Crippen LogP contribution in [0.25, 0.3) is 10.2 Å². The van der Waals surface area contributed by atoms with Crippen LogP contribution in [-0.4, -0.2) is 59.4 Å². The Hall–Kier alpha value is -3.01. The van der Waals surface area contributed by atoms with Crippen molar-refractivity contribution in [2.45, 2.75) is 11.7 Å². The number of carbonyl (C=O) groups excluding carboxylic acids is 1. The maximum Gasteiger partial charge on any atom is 0.272 e. The fourth-order valence-electron chi connectivity index (χ4n) is 4.28. The van der Waals surface area contributed by atoms with Crippen LogP contribution in [0.5, 0.6) is 5.75 Å². The maximum atomic E-state index is 13.3. The molecule has 3 heterocycles. The Morgan fingerprint density at radius 3 is 2.61 bits per heavy atom. The van der Waals surface area contributed by atoms with Gasteiger partial charge >= 0.3 is 0 Å². The molecule has 186 valence electrons. The van der Waals surface area contributed by atoms with Gasteiger partial charge in [0.05, 0.1) is 30.6 Å². The second-order valence-corrected chi connectivity index (χ2v) is 10.6. The van der Waals surface area contributed by atoms with Gasteiger partial charge in [0.25, 0.3) is 5.56 Å². The Kier molecular flexibility index (Phi) is 7.50. The molecule has 10 heteroatoms. The predicted molar refractivity (Wildman–Crippen MR) is 147 cm³/mol. The highest BCUT2D eigenvalue weighted by Gasteiger charge is 2.24. The summed E-state index contributed by atoms with van der Waals surface area (Å²) < 4.78 is 7.71. The number of hydrogen-bond donors (Lipinski definition) is 0. The molecule has 1 saturated heterocycles. The highest BCUT2D eigenvalue weighted by atomic mass is 35.5. The number of para-hydroxylation sites is 2. The number of aromatic nitrogens is 2. The molecule has 0 bridgehead atoms. The minimum atomic E-state index is -0.115. The van der Waals surface area contributed by atoms with Crippen molar-refractivity contribution in [3.05, 3.63) is 80.9 Å². The van der Waals surface area contributed by atoms with Crippen molar-refractivity contribution in [3.63, 3.8) is 0 Å². The number of fused-ring (bicyclic) bond motifs is 1. The van der Waals surface area contributed by atoms with Crippen LogP contribution in [-0.2, 0) is 11.3 Å². The Morgan fingerprint density at radius 2 is 1.83 bits per heavy atom. The number of benzene rings is 2. The molecule has 5 rings (SSSR count). The molecule has 0 atom stereocenters. The zero-order valence-corrected chi connectivity index (χ0v) is 22.1. The summed E-state index contributed by atoms with van der Waals surface area (Å²) in [6.07, 6.45) is 0. The maximum absolute atomic E-state index is 13.3. The van der Waals surface area contributed by atoms with Gasteiger partial charge in [-0.05, 0) is 35.2 Å². The number of ether oxygens (including phenoxy) is 1. The van der Waals surface area contributed by atoms with Crippen molar-refractivity contribution in [1.82, 2.24) is 14.5 Å². The van der Waals surface area contributed by atoms with Gasteiger partial charge in [0, 0.05) is 31.2 Å². The van der Waals surface area contributed by atoms with Gasteiger partial charge in [0.2, 0.25) is 5.91 Å². The van der Waals surface area contributed by atoms with Crippen molar-refractivity contribution in [1.29, 1.82) is 0 Å². The van der Waals surface area contributed by atoms with Gasteiger partial charge in [0.15, 0.2) is 5.16 Å². The summed E-state index contributed by atoms with van der Waals surface area (Å²) in [5.74, 6) is 1.07. The zero-order valence-electron chi connectivity index (χ0n) is 19.7. The predicted octanol–water partition coefficient (Wildman–Crippen LogP) is 4.61. The van der Waals surface area contributed by atoms with Crippen molar-refractivity contribution in [3.8, 4) is 5.75 Å². The fraction of sp³-hybridized carbons (Fsp3) is 0.269. The number of hydrogen-bond acceptors (Lipinski definition) is 7. The molecule has 0 aliphatic carbocycles. The molecule has 1 aliphatic heterocycles. The Morgan fingerprint density at radius 1 is 1.08 bits per heavy atom. The summed E-state index contributed by atoms with van der Waals surface area (Å²) in [4.78, 5) is 35.2. The van der Waals surface area contributed by atoms with E-state index in [9.17, 15) is 9.59 Å². The smallest absolute Gasteiger partial charge is 0.272 e. The Balaban J connectivity index is 1.29. The van der Waals surface area contributed by atoms with E-state index in [-0.39, 0.29) is 17.2 Å². The topological polar surface area (TPSA) is 67.7 Å². The minimum absolute atomic E-state index is 0.0311. The van der Waals surface area contributed by atoms with Gasteiger partial charge in [-0.1, -0.05) is 53.7 Å². The first kappa shape index (κ1) is 24.7. The summed E-state index contributed by atoms with van der Waals surface area (Å²) >= 11 is 9.04. The van der Waals surface area contributed by atoms with Crippen LogP contribution in [0.4, 0.5) is 5.69 Å². The lowest BCUT2D eigenvalue weighted by Gasteiger charge is -2.36.